The first-order valence-electron chi connectivity index (χ1n) is 8.03. The van der Waals surface area contributed by atoms with Gasteiger partial charge in [0.15, 0.2) is 0 Å². The largest absolute Gasteiger partial charge is 0.489 e. The number of halogens is 1. The maximum atomic E-state index is 6.35. The molecule has 0 aliphatic rings. The van der Waals surface area contributed by atoms with E-state index < -0.39 is 0 Å². The highest BCUT2D eigenvalue weighted by atomic mass is 35.5. The number of ether oxygens (including phenoxy) is 1. The highest BCUT2D eigenvalue weighted by Gasteiger charge is 2.23. The lowest BCUT2D eigenvalue weighted by Crippen LogP contribution is -2.43. The summed E-state index contributed by atoms with van der Waals surface area (Å²) >= 11 is 6.14. The standard InChI is InChI=1S/C20H26ClNO/c1-14(2)20(4,22)12-16-7-9-18(10-8-16)23-13-17-6-5-15(3)19(21)11-17/h5-11,14H,12-13,22H2,1-4H3. The van der Waals surface area contributed by atoms with E-state index in [1.165, 1.54) is 5.56 Å². The van der Waals surface area contributed by atoms with Crippen LogP contribution in [0.25, 0.3) is 0 Å². The van der Waals surface area contributed by atoms with E-state index in [1.807, 2.05) is 37.3 Å². The third-order valence-electron chi connectivity index (χ3n) is 4.47. The third kappa shape index (κ3) is 4.98. The van der Waals surface area contributed by atoms with Gasteiger partial charge in [0.1, 0.15) is 12.4 Å². The lowest BCUT2D eigenvalue weighted by atomic mass is 9.84. The molecule has 0 radical (unpaired) electrons. The first-order chi connectivity index (χ1) is 10.8. The molecule has 0 aliphatic heterocycles. The van der Waals surface area contributed by atoms with E-state index in [4.69, 9.17) is 22.1 Å². The molecule has 0 saturated carbocycles. The number of rotatable bonds is 6. The summed E-state index contributed by atoms with van der Waals surface area (Å²) in [4.78, 5) is 0. The molecular formula is C20H26ClNO. The van der Waals surface area contributed by atoms with Crippen LogP contribution in [0.1, 0.15) is 37.5 Å². The van der Waals surface area contributed by atoms with E-state index in [9.17, 15) is 0 Å². The summed E-state index contributed by atoms with van der Waals surface area (Å²) in [6, 6.07) is 14.2. The highest BCUT2D eigenvalue weighted by molar-refractivity contribution is 6.31. The van der Waals surface area contributed by atoms with Crippen LogP contribution in [0.2, 0.25) is 5.02 Å². The quantitative estimate of drug-likeness (QED) is 0.795. The average Bonchev–Trinajstić information content (AvgIpc) is 2.49. The summed E-state index contributed by atoms with van der Waals surface area (Å²) < 4.78 is 5.83. The van der Waals surface area contributed by atoms with Crippen LogP contribution >= 0.6 is 11.6 Å². The molecule has 0 amide bonds. The van der Waals surface area contributed by atoms with Crippen molar-refractivity contribution < 1.29 is 4.74 Å². The van der Waals surface area contributed by atoms with Crippen LogP contribution in [-0.4, -0.2) is 5.54 Å². The summed E-state index contributed by atoms with van der Waals surface area (Å²) in [5.74, 6) is 1.29. The molecular weight excluding hydrogens is 306 g/mol. The van der Waals surface area contributed by atoms with E-state index in [2.05, 4.69) is 32.9 Å². The number of hydrogen-bond acceptors (Lipinski definition) is 2. The second-order valence-electron chi connectivity index (χ2n) is 6.85. The van der Waals surface area contributed by atoms with Gasteiger partial charge in [0.2, 0.25) is 0 Å². The topological polar surface area (TPSA) is 35.2 Å². The van der Waals surface area contributed by atoms with E-state index in [0.29, 0.717) is 12.5 Å². The van der Waals surface area contributed by atoms with Crippen LogP contribution in [-0.2, 0) is 13.0 Å². The second-order valence-corrected chi connectivity index (χ2v) is 7.26. The lowest BCUT2D eigenvalue weighted by molar-refractivity contribution is 0.305. The predicted molar refractivity (Wildman–Crippen MR) is 98.1 cm³/mol. The molecule has 2 aromatic carbocycles. The molecule has 1 unspecified atom stereocenters. The van der Waals surface area contributed by atoms with Crippen molar-refractivity contribution in [2.45, 2.75) is 46.3 Å². The molecule has 0 spiro atoms. The fraction of sp³-hybridized carbons (Fsp3) is 0.400. The fourth-order valence-electron chi connectivity index (χ4n) is 2.24. The molecule has 2 nitrogen and oxygen atoms in total. The van der Waals surface area contributed by atoms with Gasteiger partial charge in [-0.1, -0.05) is 49.7 Å². The highest BCUT2D eigenvalue weighted by Crippen LogP contribution is 2.22. The molecule has 0 bridgehead atoms. The molecule has 1 atom stereocenters. The van der Waals surface area contributed by atoms with Crippen molar-refractivity contribution in [3.8, 4) is 5.75 Å². The van der Waals surface area contributed by atoms with Crippen molar-refractivity contribution in [3.05, 3.63) is 64.2 Å². The van der Waals surface area contributed by atoms with Crippen molar-refractivity contribution in [2.75, 3.05) is 0 Å². The summed E-state index contributed by atoms with van der Waals surface area (Å²) in [5.41, 5.74) is 9.53. The number of benzene rings is 2. The van der Waals surface area contributed by atoms with Gasteiger partial charge in [-0.3, -0.25) is 0 Å². The van der Waals surface area contributed by atoms with Crippen molar-refractivity contribution in [1.29, 1.82) is 0 Å². The Hall–Kier alpha value is -1.51. The van der Waals surface area contributed by atoms with Gasteiger partial charge in [-0.2, -0.15) is 0 Å². The minimum Gasteiger partial charge on any atom is -0.489 e. The van der Waals surface area contributed by atoms with Gasteiger partial charge in [-0.15, -0.1) is 0 Å². The van der Waals surface area contributed by atoms with Crippen LogP contribution in [0.15, 0.2) is 42.5 Å². The first-order valence-corrected chi connectivity index (χ1v) is 8.41. The Balaban J connectivity index is 1.96. The Kier molecular flexibility index (Phi) is 5.72. The first kappa shape index (κ1) is 17.8. The molecule has 2 rings (SSSR count). The third-order valence-corrected chi connectivity index (χ3v) is 4.88. The molecule has 124 valence electrons. The van der Waals surface area contributed by atoms with Crippen molar-refractivity contribution in [3.63, 3.8) is 0 Å². The van der Waals surface area contributed by atoms with Gasteiger partial charge in [0.25, 0.3) is 0 Å². The molecule has 2 aromatic rings. The van der Waals surface area contributed by atoms with Gasteiger partial charge in [0, 0.05) is 10.6 Å². The van der Waals surface area contributed by atoms with Crippen LogP contribution in [0, 0.1) is 12.8 Å². The number of nitrogens with two attached hydrogens (primary N) is 1. The predicted octanol–water partition coefficient (Wildman–Crippen LogP) is 5.14. The fourth-order valence-corrected chi connectivity index (χ4v) is 2.44. The van der Waals surface area contributed by atoms with Crippen LogP contribution in [0.3, 0.4) is 0 Å². The van der Waals surface area contributed by atoms with Crippen molar-refractivity contribution in [1.82, 2.24) is 0 Å². The molecule has 0 aliphatic carbocycles. The molecule has 0 heterocycles. The zero-order chi connectivity index (χ0) is 17.0. The minimum absolute atomic E-state index is 0.193. The summed E-state index contributed by atoms with van der Waals surface area (Å²) in [6.07, 6.45) is 0.860. The molecule has 0 aromatic heterocycles. The van der Waals surface area contributed by atoms with Crippen molar-refractivity contribution >= 4 is 11.6 Å². The Morgan fingerprint density at radius 2 is 1.70 bits per heavy atom. The molecule has 0 saturated heterocycles. The normalized spacial score (nSPS) is 13.9. The lowest BCUT2D eigenvalue weighted by Gasteiger charge is -2.29. The van der Waals surface area contributed by atoms with Gasteiger partial charge < -0.3 is 10.5 Å². The molecule has 0 fully saturated rings. The van der Waals surface area contributed by atoms with Gasteiger partial charge >= 0.3 is 0 Å². The number of hydrogen-bond donors (Lipinski definition) is 1. The monoisotopic (exact) mass is 331 g/mol. The zero-order valence-electron chi connectivity index (χ0n) is 14.4. The Bertz CT molecular complexity index is 647. The van der Waals surface area contributed by atoms with E-state index in [-0.39, 0.29) is 5.54 Å². The summed E-state index contributed by atoms with van der Waals surface area (Å²) in [5, 5.41) is 0.775. The Morgan fingerprint density at radius 1 is 1.09 bits per heavy atom. The smallest absolute Gasteiger partial charge is 0.119 e. The van der Waals surface area contributed by atoms with Gasteiger partial charge in [-0.05, 0) is 61.1 Å². The van der Waals surface area contributed by atoms with E-state index in [0.717, 1.165) is 28.3 Å². The van der Waals surface area contributed by atoms with Crippen molar-refractivity contribution in [2.24, 2.45) is 11.7 Å². The Morgan fingerprint density at radius 3 is 2.26 bits per heavy atom. The van der Waals surface area contributed by atoms with E-state index >= 15 is 0 Å². The summed E-state index contributed by atoms with van der Waals surface area (Å²) in [7, 11) is 0. The van der Waals surface area contributed by atoms with E-state index in [1.54, 1.807) is 0 Å². The SMILES string of the molecule is Cc1ccc(COc2ccc(CC(C)(N)C(C)C)cc2)cc1Cl. The Labute approximate surface area is 144 Å². The van der Waals surface area contributed by atoms with Crippen LogP contribution < -0.4 is 10.5 Å². The maximum absolute atomic E-state index is 6.35. The van der Waals surface area contributed by atoms with Gasteiger partial charge in [0.05, 0.1) is 0 Å². The van der Waals surface area contributed by atoms with Crippen LogP contribution in [0.5, 0.6) is 5.75 Å². The number of aryl methyl sites for hydroxylation is 1. The second kappa shape index (κ2) is 7.37. The minimum atomic E-state index is -0.193. The van der Waals surface area contributed by atoms with Crippen LogP contribution in [0.4, 0.5) is 0 Å². The van der Waals surface area contributed by atoms with Gasteiger partial charge in [-0.25, -0.2) is 0 Å². The molecule has 3 heteroatoms. The zero-order valence-corrected chi connectivity index (χ0v) is 15.2. The molecule has 23 heavy (non-hydrogen) atoms. The maximum Gasteiger partial charge on any atom is 0.119 e. The molecule has 2 N–H and O–H groups in total. The summed E-state index contributed by atoms with van der Waals surface area (Å²) in [6.45, 7) is 8.92. The average molecular weight is 332 g/mol.